The smallest absolute Gasteiger partial charge is 0.315 e. The summed E-state index contributed by atoms with van der Waals surface area (Å²) in [6, 6.07) is 4.07. The molecule has 2 heterocycles. The van der Waals surface area contributed by atoms with Gasteiger partial charge in [-0.25, -0.2) is 0 Å². The molecule has 5 nitrogen and oxygen atoms in total. The molecule has 2 N–H and O–H groups in total. The molecule has 1 aromatic carbocycles. The van der Waals surface area contributed by atoms with Crippen molar-refractivity contribution in [2.75, 3.05) is 20.2 Å². The van der Waals surface area contributed by atoms with E-state index in [0.717, 1.165) is 38.8 Å². The number of quaternary nitrogens is 1. The lowest BCUT2D eigenvalue weighted by Crippen LogP contribution is -3.13. The summed E-state index contributed by atoms with van der Waals surface area (Å²) in [4.78, 5) is 14.4. The van der Waals surface area contributed by atoms with Crippen molar-refractivity contribution in [3.05, 3.63) is 35.4 Å². The number of esters is 1. The third kappa shape index (κ3) is 3.36. The molecule has 2 saturated carbocycles. The highest BCUT2D eigenvalue weighted by Gasteiger charge is 2.56. The van der Waals surface area contributed by atoms with Crippen molar-refractivity contribution in [1.82, 2.24) is 0 Å². The van der Waals surface area contributed by atoms with Crippen molar-refractivity contribution < 1.29 is 24.3 Å². The van der Waals surface area contributed by atoms with E-state index >= 15 is 0 Å². The Hall–Kier alpha value is -2.01. The van der Waals surface area contributed by atoms with Crippen LogP contribution in [0.4, 0.5) is 0 Å². The molecule has 0 spiro atoms. The fourth-order valence-electron chi connectivity index (χ4n) is 7.19. The summed E-state index contributed by atoms with van der Waals surface area (Å²) in [5.74, 6) is 1.56. The molecule has 3 fully saturated rings. The number of fused-ring (bicyclic) bond motifs is 3. The monoisotopic (exact) mass is 426 g/mol. The second-order valence-electron chi connectivity index (χ2n) is 10.7. The first-order valence-corrected chi connectivity index (χ1v) is 11.9. The van der Waals surface area contributed by atoms with Gasteiger partial charge in [-0.15, -0.1) is 0 Å². The molecule has 168 valence electrons. The lowest BCUT2D eigenvalue weighted by molar-refractivity contribution is -0.934. The van der Waals surface area contributed by atoms with E-state index < -0.39 is 0 Å². The molecule has 1 aromatic rings. The Kier molecular flexibility index (Phi) is 5.08. The maximum atomic E-state index is 13.0. The van der Waals surface area contributed by atoms with Crippen LogP contribution in [0, 0.1) is 23.2 Å². The van der Waals surface area contributed by atoms with Crippen molar-refractivity contribution in [1.29, 1.82) is 0 Å². The van der Waals surface area contributed by atoms with Gasteiger partial charge in [0.2, 0.25) is 0 Å². The Morgan fingerprint density at radius 1 is 1.35 bits per heavy atom. The van der Waals surface area contributed by atoms with Crippen LogP contribution in [0.25, 0.3) is 0 Å². The Morgan fingerprint density at radius 2 is 2.16 bits per heavy atom. The first kappa shape index (κ1) is 20.9. The Bertz CT molecular complexity index is 911. The molecule has 0 radical (unpaired) electrons. The van der Waals surface area contributed by atoms with E-state index in [1.54, 1.807) is 7.11 Å². The lowest BCUT2D eigenvalue weighted by Gasteiger charge is -2.50. The molecule has 0 amide bonds. The zero-order valence-corrected chi connectivity index (χ0v) is 19.1. The van der Waals surface area contributed by atoms with Crippen LogP contribution in [-0.4, -0.2) is 37.4 Å². The van der Waals surface area contributed by atoms with Crippen molar-refractivity contribution in [2.24, 2.45) is 23.2 Å². The van der Waals surface area contributed by atoms with Crippen LogP contribution in [0.3, 0.4) is 0 Å². The van der Waals surface area contributed by atoms with Gasteiger partial charge in [0, 0.05) is 17.9 Å². The summed E-state index contributed by atoms with van der Waals surface area (Å²) in [6.45, 7) is 10.8. The van der Waals surface area contributed by atoms with E-state index in [4.69, 9.17) is 9.47 Å². The summed E-state index contributed by atoms with van der Waals surface area (Å²) in [5, 5.41) is 10.1. The third-order valence-corrected chi connectivity index (χ3v) is 9.04. The second kappa shape index (κ2) is 7.54. The first-order chi connectivity index (χ1) is 14.8. The van der Waals surface area contributed by atoms with Gasteiger partial charge in [-0.1, -0.05) is 19.1 Å². The van der Waals surface area contributed by atoms with Gasteiger partial charge in [0.15, 0.2) is 11.5 Å². The van der Waals surface area contributed by atoms with Gasteiger partial charge in [-0.3, -0.25) is 4.79 Å². The lowest BCUT2D eigenvalue weighted by atomic mass is 9.55. The van der Waals surface area contributed by atoms with E-state index in [1.165, 1.54) is 34.4 Å². The predicted octanol–water partition coefficient (Wildman–Crippen LogP) is 3.22. The van der Waals surface area contributed by atoms with E-state index in [1.807, 2.05) is 12.1 Å². The highest BCUT2D eigenvalue weighted by molar-refractivity contribution is 5.75. The number of hydrogen-bond donors (Lipinski definition) is 2. The molecule has 31 heavy (non-hydrogen) atoms. The number of phenols is 1. The molecular formula is C26H36NO4+. The zero-order chi connectivity index (χ0) is 21.9. The van der Waals surface area contributed by atoms with Gasteiger partial charge in [0.05, 0.1) is 20.2 Å². The van der Waals surface area contributed by atoms with E-state index in [2.05, 4.69) is 20.4 Å². The highest BCUT2D eigenvalue weighted by atomic mass is 16.6. The number of methoxy groups -OCH3 is 1. The van der Waals surface area contributed by atoms with Crippen LogP contribution in [-0.2, 0) is 16.0 Å². The third-order valence-electron chi connectivity index (χ3n) is 9.04. The molecular weight excluding hydrogens is 390 g/mol. The molecule has 5 heteroatoms. The van der Waals surface area contributed by atoms with Crippen LogP contribution in [0.2, 0.25) is 0 Å². The van der Waals surface area contributed by atoms with Crippen LogP contribution >= 0.6 is 0 Å². The number of phenolic OH excluding ortho intramolecular Hbond substituents is 1. The standard InChI is InChI=1S/C26H35NO4/c1-15-6-5-8-26(3)13-24-19(11-21(15)26)20(25(29)31-24)14-27-9-7-17-10-22(28)23(30-4)12-18(17)16(27)2/h10,12,16,19-21,24,28H,1,5-9,11,13-14H2,2-4H3/p+1/t16-,19-,20-,21+,24-,26-/m1/s1. The average molecular weight is 427 g/mol. The molecule has 1 saturated heterocycles. The topological polar surface area (TPSA) is 60.2 Å². The number of rotatable bonds is 3. The van der Waals surface area contributed by atoms with Crippen LogP contribution < -0.4 is 9.64 Å². The number of carbonyl (C=O) groups is 1. The van der Waals surface area contributed by atoms with Crippen molar-refractivity contribution in [3.63, 3.8) is 0 Å². The Morgan fingerprint density at radius 3 is 2.94 bits per heavy atom. The zero-order valence-electron chi connectivity index (χ0n) is 19.1. The average Bonchev–Trinajstić information content (AvgIpc) is 3.02. The number of aromatic hydroxyl groups is 1. The minimum atomic E-state index is -0.0257. The highest BCUT2D eigenvalue weighted by Crippen LogP contribution is 2.56. The number of nitrogens with one attached hydrogen (secondary N) is 1. The molecule has 7 atom stereocenters. The quantitative estimate of drug-likeness (QED) is 0.576. The number of hydrogen-bond acceptors (Lipinski definition) is 4. The van der Waals surface area contributed by atoms with Gasteiger partial charge in [-0.05, 0) is 68.1 Å². The summed E-state index contributed by atoms with van der Waals surface area (Å²) in [6.07, 6.45) is 6.60. The minimum Gasteiger partial charge on any atom is -0.504 e. The molecule has 1 unspecified atom stereocenters. The number of allylic oxidation sites excluding steroid dienone is 1. The molecule has 2 aliphatic heterocycles. The number of ether oxygens (including phenoxy) is 2. The van der Waals surface area contributed by atoms with Crippen molar-refractivity contribution in [2.45, 2.75) is 64.5 Å². The molecule has 4 aliphatic rings. The van der Waals surface area contributed by atoms with Crippen LogP contribution in [0.5, 0.6) is 11.5 Å². The van der Waals surface area contributed by atoms with Crippen LogP contribution in [0.15, 0.2) is 24.3 Å². The predicted molar refractivity (Wildman–Crippen MR) is 118 cm³/mol. The molecule has 0 aromatic heterocycles. The Balaban J connectivity index is 1.36. The van der Waals surface area contributed by atoms with Gasteiger partial charge in [-0.2, -0.15) is 0 Å². The SMILES string of the molecule is C=C1CCC[C@]2(C)C[C@H]3OC(=O)[C@H](C[NH+]4CCc5cc(O)c(OC)cc5[C@H]4C)[C@H]3C[C@@H]12. The van der Waals surface area contributed by atoms with Gasteiger partial charge < -0.3 is 19.5 Å². The fourth-order valence-corrected chi connectivity index (χ4v) is 7.19. The summed E-state index contributed by atoms with van der Waals surface area (Å²) >= 11 is 0. The van der Waals surface area contributed by atoms with Crippen molar-refractivity contribution >= 4 is 5.97 Å². The molecule has 2 aliphatic carbocycles. The van der Waals surface area contributed by atoms with Gasteiger partial charge in [0.1, 0.15) is 18.1 Å². The molecule has 5 rings (SSSR count). The van der Waals surface area contributed by atoms with E-state index in [-0.39, 0.29) is 35.2 Å². The van der Waals surface area contributed by atoms with E-state index in [0.29, 0.717) is 17.6 Å². The maximum Gasteiger partial charge on any atom is 0.315 e. The maximum absolute atomic E-state index is 13.0. The summed E-state index contributed by atoms with van der Waals surface area (Å²) in [5.41, 5.74) is 4.04. The summed E-state index contributed by atoms with van der Waals surface area (Å²) < 4.78 is 11.3. The van der Waals surface area contributed by atoms with E-state index in [9.17, 15) is 9.90 Å². The number of carbonyl (C=O) groups excluding carboxylic acids is 1. The van der Waals surface area contributed by atoms with Crippen LogP contribution in [0.1, 0.15) is 63.1 Å². The first-order valence-electron chi connectivity index (χ1n) is 11.9. The fraction of sp³-hybridized carbons (Fsp3) is 0.654. The second-order valence-corrected chi connectivity index (χ2v) is 10.7. The Labute approximate surface area is 185 Å². The normalized spacial score (nSPS) is 39.3. The molecule has 0 bridgehead atoms. The largest absolute Gasteiger partial charge is 0.504 e. The van der Waals surface area contributed by atoms with Gasteiger partial charge in [0.25, 0.3) is 0 Å². The van der Waals surface area contributed by atoms with Crippen molar-refractivity contribution in [3.8, 4) is 11.5 Å². The minimum absolute atomic E-state index is 0.0108. The van der Waals surface area contributed by atoms with Gasteiger partial charge >= 0.3 is 5.97 Å². The summed E-state index contributed by atoms with van der Waals surface area (Å²) in [7, 11) is 1.59. The number of benzene rings is 1.